The first-order valence-electron chi connectivity index (χ1n) is 5.14. The quantitative estimate of drug-likeness (QED) is 0.761. The van der Waals surface area contributed by atoms with Gasteiger partial charge >= 0.3 is 0 Å². The molecule has 1 aliphatic carbocycles. The van der Waals surface area contributed by atoms with Crippen molar-refractivity contribution in [3.8, 4) is 0 Å². The van der Waals surface area contributed by atoms with Crippen LogP contribution in [0.1, 0.15) is 19.3 Å². The minimum Gasteiger partial charge on any atom is -0.396 e. The molecule has 0 bridgehead atoms. The van der Waals surface area contributed by atoms with Gasteiger partial charge < -0.3 is 11.5 Å². The molecule has 0 radical (unpaired) electrons. The second-order valence-electron chi connectivity index (χ2n) is 3.93. The number of hydrogen-bond donors (Lipinski definition) is 2. The summed E-state index contributed by atoms with van der Waals surface area (Å²) in [6, 6.07) is 5.20. The van der Waals surface area contributed by atoms with Gasteiger partial charge in [0.1, 0.15) is 5.82 Å². The summed E-state index contributed by atoms with van der Waals surface area (Å²) in [5, 5.41) is 0.424. The third kappa shape index (κ3) is 2.44. The average molecular weight is 226 g/mol. The molecule has 0 aliphatic heterocycles. The SMILES string of the molecule is Nc1ccc(SC2CCCC2N)cc1F. The van der Waals surface area contributed by atoms with Gasteiger partial charge in [0.05, 0.1) is 5.69 Å². The summed E-state index contributed by atoms with van der Waals surface area (Å²) in [6.07, 6.45) is 3.38. The summed E-state index contributed by atoms with van der Waals surface area (Å²) in [6.45, 7) is 0. The zero-order valence-electron chi connectivity index (χ0n) is 8.45. The predicted octanol–water partition coefficient (Wildman–Crippen LogP) is 2.38. The van der Waals surface area contributed by atoms with Crippen LogP contribution in [0.5, 0.6) is 0 Å². The molecule has 1 aliphatic rings. The van der Waals surface area contributed by atoms with Crippen LogP contribution in [0.3, 0.4) is 0 Å². The summed E-state index contributed by atoms with van der Waals surface area (Å²) < 4.78 is 13.2. The largest absolute Gasteiger partial charge is 0.396 e. The topological polar surface area (TPSA) is 52.0 Å². The van der Waals surface area contributed by atoms with Gasteiger partial charge in [0.15, 0.2) is 0 Å². The van der Waals surface area contributed by atoms with E-state index in [4.69, 9.17) is 11.5 Å². The summed E-state index contributed by atoms with van der Waals surface area (Å²) in [7, 11) is 0. The number of halogens is 1. The molecule has 1 saturated carbocycles. The van der Waals surface area contributed by atoms with E-state index < -0.39 is 0 Å². The Kier molecular flexibility index (Phi) is 3.17. The molecule has 82 valence electrons. The maximum atomic E-state index is 13.2. The van der Waals surface area contributed by atoms with E-state index in [0.717, 1.165) is 17.7 Å². The van der Waals surface area contributed by atoms with Gasteiger partial charge in [-0.25, -0.2) is 4.39 Å². The third-order valence-corrected chi connectivity index (χ3v) is 4.18. The van der Waals surface area contributed by atoms with Crippen molar-refractivity contribution in [2.24, 2.45) is 5.73 Å². The zero-order valence-corrected chi connectivity index (χ0v) is 9.27. The molecule has 1 fully saturated rings. The highest BCUT2D eigenvalue weighted by atomic mass is 32.2. The van der Waals surface area contributed by atoms with E-state index in [1.807, 2.05) is 6.07 Å². The number of nitrogens with two attached hydrogens (primary N) is 2. The molecule has 2 rings (SSSR count). The smallest absolute Gasteiger partial charge is 0.147 e. The molecule has 0 aromatic heterocycles. The molecule has 0 amide bonds. The Bertz CT molecular complexity index is 356. The predicted molar refractivity (Wildman–Crippen MR) is 62.3 cm³/mol. The Labute approximate surface area is 93.2 Å². The molecule has 1 aromatic carbocycles. The molecule has 2 nitrogen and oxygen atoms in total. The lowest BCUT2D eigenvalue weighted by Crippen LogP contribution is -2.26. The van der Waals surface area contributed by atoms with E-state index in [9.17, 15) is 4.39 Å². The summed E-state index contributed by atoms with van der Waals surface area (Å²) >= 11 is 1.66. The van der Waals surface area contributed by atoms with Crippen LogP contribution in [-0.2, 0) is 0 Å². The fourth-order valence-corrected chi connectivity index (χ4v) is 3.12. The molecule has 4 heteroatoms. The van der Waals surface area contributed by atoms with Gasteiger partial charge in [-0.05, 0) is 31.0 Å². The zero-order chi connectivity index (χ0) is 10.8. The maximum Gasteiger partial charge on any atom is 0.147 e. The van der Waals surface area contributed by atoms with Crippen molar-refractivity contribution in [1.29, 1.82) is 0 Å². The van der Waals surface area contributed by atoms with Crippen molar-refractivity contribution < 1.29 is 4.39 Å². The summed E-state index contributed by atoms with van der Waals surface area (Å²) in [4.78, 5) is 0.920. The minimum atomic E-state index is -0.341. The molecule has 2 atom stereocenters. The molecule has 1 aromatic rings. The van der Waals surface area contributed by atoms with Crippen LogP contribution >= 0.6 is 11.8 Å². The maximum absolute atomic E-state index is 13.2. The van der Waals surface area contributed by atoms with Crippen molar-refractivity contribution in [2.75, 3.05) is 5.73 Å². The Morgan fingerprint density at radius 1 is 1.33 bits per heavy atom. The second kappa shape index (κ2) is 4.41. The van der Waals surface area contributed by atoms with E-state index >= 15 is 0 Å². The lowest BCUT2D eigenvalue weighted by Gasteiger charge is -2.14. The first kappa shape index (κ1) is 10.8. The fourth-order valence-electron chi connectivity index (χ4n) is 1.86. The van der Waals surface area contributed by atoms with Crippen molar-refractivity contribution in [3.63, 3.8) is 0 Å². The molecule has 0 saturated heterocycles. The Morgan fingerprint density at radius 3 is 2.73 bits per heavy atom. The Balaban J connectivity index is 2.07. The summed E-state index contributed by atoms with van der Waals surface area (Å²) in [5.41, 5.74) is 11.6. The highest BCUT2D eigenvalue weighted by Crippen LogP contribution is 2.34. The van der Waals surface area contributed by atoms with Crippen molar-refractivity contribution in [3.05, 3.63) is 24.0 Å². The van der Waals surface area contributed by atoms with E-state index in [1.165, 1.54) is 12.5 Å². The van der Waals surface area contributed by atoms with Crippen molar-refractivity contribution in [2.45, 2.75) is 35.4 Å². The Hall–Kier alpha value is -0.740. The van der Waals surface area contributed by atoms with Crippen LogP contribution in [0.15, 0.2) is 23.1 Å². The van der Waals surface area contributed by atoms with Gasteiger partial charge in [0, 0.05) is 16.2 Å². The second-order valence-corrected chi connectivity index (χ2v) is 5.25. The van der Waals surface area contributed by atoms with Crippen LogP contribution in [0.25, 0.3) is 0 Å². The lowest BCUT2D eigenvalue weighted by atomic mass is 10.3. The van der Waals surface area contributed by atoms with Gasteiger partial charge in [-0.1, -0.05) is 6.42 Å². The number of nitrogen functional groups attached to an aromatic ring is 1. The van der Waals surface area contributed by atoms with Gasteiger partial charge in [0.25, 0.3) is 0 Å². The van der Waals surface area contributed by atoms with Gasteiger partial charge in [-0.2, -0.15) is 0 Å². The van der Waals surface area contributed by atoms with E-state index in [-0.39, 0.29) is 17.5 Å². The Morgan fingerprint density at radius 2 is 2.13 bits per heavy atom. The molecular formula is C11H15FN2S. The first-order valence-corrected chi connectivity index (χ1v) is 6.02. The minimum absolute atomic E-state index is 0.204. The van der Waals surface area contributed by atoms with Crippen LogP contribution in [0.4, 0.5) is 10.1 Å². The highest BCUT2D eigenvalue weighted by molar-refractivity contribution is 8.00. The van der Waals surface area contributed by atoms with Gasteiger partial charge in [-0.15, -0.1) is 11.8 Å². The van der Waals surface area contributed by atoms with Crippen molar-refractivity contribution in [1.82, 2.24) is 0 Å². The number of hydrogen-bond acceptors (Lipinski definition) is 3. The van der Waals surface area contributed by atoms with Crippen LogP contribution in [0.2, 0.25) is 0 Å². The highest BCUT2D eigenvalue weighted by Gasteiger charge is 2.24. The van der Waals surface area contributed by atoms with E-state index in [2.05, 4.69) is 0 Å². The number of thioether (sulfide) groups is 1. The molecule has 15 heavy (non-hydrogen) atoms. The molecule has 2 unspecified atom stereocenters. The van der Waals surface area contributed by atoms with Crippen LogP contribution < -0.4 is 11.5 Å². The number of rotatable bonds is 2. The molecule has 4 N–H and O–H groups in total. The fraction of sp³-hybridized carbons (Fsp3) is 0.455. The molecule has 0 heterocycles. The summed E-state index contributed by atoms with van der Waals surface area (Å²) in [5.74, 6) is -0.341. The molecular weight excluding hydrogens is 211 g/mol. The monoisotopic (exact) mass is 226 g/mol. The lowest BCUT2D eigenvalue weighted by molar-refractivity contribution is 0.629. The molecule has 0 spiro atoms. The van der Waals surface area contributed by atoms with E-state index in [1.54, 1.807) is 17.8 Å². The number of anilines is 1. The third-order valence-electron chi connectivity index (χ3n) is 2.76. The standard InChI is InChI=1S/C11H15FN2S/c12-8-6-7(4-5-9(8)13)15-11-3-1-2-10(11)14/h4-6,10-11H,1-3,13-14H2. The van der Waals surface area contributed by atoms with Crippen molar-refractivity contribution >= 4 is 17.4 Å². The number of benzene rings is 1. The average Bonchev–Trinajstić information content (AvgIpc) is 2.59. The normalized spacial score (nSPS) is 25.7. The van der Waals surface area contributed by atoms with E-state index in [0.29, 0.717) is 5.25 Å². The van der Waals surface area contributed by atoms with Crippen LogP contribution in [0, 0.1) is 5.82 Å². The van der Waals surface area contributed by atoms with Crippen LogP contribution in [-0.4, -0.2) is 11.3 Å². The van der Waals surface area contributed by atoms with Gasteiger partial charge in [-0.3, -0.25) is 0 Å². The first-order chi connectivity index (χ1) is 7.16. The van der Waals surface area contributed by atoms with Gasteiger partial charge in [0.2, 0.25) is 0 Å².